The quantitative estimate of drug-likeness (QED) is 0.877. The number of carbonyl (C=O) groups excluding carboxylic acids is 1. The monoisotopic (exact) mass is 295 g/mol. The van der Waals surface area contributed by atoms with Gasteiger partial charge in [-0.15, -0.1) is 0 Å². The van der Waals surface area contributed by atoms with Crippen molar-refractivity contribution in [3.63, 3.8) is 0 Å². The molecular formula is C16H13N3O3. The van der Waals surface area contributed by atoms with Gasteiger partial charge in [0, 0.05) is 23.7 Å². The molecule has 1 aliphatic heterocycles. The number of rotatable bonds is 3. The SMILES string of the molecule is C=NC(=O)[C@@H]1[C@H]2Oc3ccc(Oc4ccnc(N)c4)cc3[C@H]21. The first-order chi connectivity index (χ1) is 10.7. The van der Waals surface area contributed by atoms with Crippen molar-refractivity contribution >= 4 is 18.4 Å². The summed E-state index contributed by atoms with van der Waals surface area (Å²) in [5, 5.41) is 0. The van der Waals surface area contributed by atoms with Crippen LogP contribution in [0.25, 0.3) is 0 Å². The van der Waals surface area contributed by atoms with Crippen LogP contribution in [0.2, 0.25) is 0 Å². The molecule has 3 atom stereocenters. The van der Waals surface area contributed by atoms with Crippen molar-refractivity contribution in [1.82, 2.24) is 4.98 Å². The number of ether oxygens (including phenoxy) is 2. The van der Waals surface area contributed by atoms with E-state index in [0.717, 1.165) is 11.3 Å². The molecule has 6 heteroatoms. The van der Waals surface area contributed by atoms with Crippen LogP contribution >= 0.6 is 0 Å². The van der Waals surface area contributed by atoms with Crippen molar-refractivity contribution in [2.24, 2.45) is 10.9 Å². The number of hydrogen-bond acceptors (Lipinski definition) is 5. The first kappa shape index (κ1) is 12.8. The minimum atomic E-state index is -0.214. The van der Waals surface area contributed by atoms with Crippen molar-refractivity contribution in [2.45, 2.75) is 12.0 Å². The molecule has 1 amide bonds. The van der Waals surface area contributed by atoms with Gasteiger partial charge in [0.05, 0.1) is 5.92 Å². The second-order valence-electron chi connectivity index (χ2n) is 5.35. The molecule has 0 saturated heterocycles. The van der Waals surface area contributed by atoms with Crippen LogP contribution in [0.4, 0.5) is 5.82 Å². The van der Waals surface area contributed by atoms with E-state index < -0.39 is 0 Å². The maximum absolute atomic E-state index is 11.6. The highest BCUT2D eigenvalue weighted by Crippen LogP contribution is 2.59. The van der Waals surface area contributed by atoms with E-state index in [2.05, 4.69) is 16.7 Å². The fraction of sp³-hybridized carbons (Fsp3) is 0.188. The third-order valence-electron chi connectivity index (χ3n) is 3.99. The van der Waals surface area contributed by atoms with E-state index in [1.807, 2.05) is 18.2 Å². The van der Waals surface area contributed by atoms with Crippen molar-refractivity contribution in [3.05, 3.63) is 42.1 Å². The Morgan fingerprint density at radius 1 is 1.32 bits per heavy atom. The molecule has 0 radical (unpaired) electrons. The number of aromatic nitrogens is 1. The van der Waals surface area contributed by atoms with Crippen LogP contribution in [0.1, 0.15) is 11.5 Å². The van der Waals surface area contributed by atoms with E-state index in [4.69, 9.17) is 15.2 Å². The number of nitrogens with two attached hydrogens (primary N) is 1. The van der Waals surface area contributed by atoms with Crippen LogP contribution in [-0.2, 0) is 4.79 Å². The third kappa shape index (κ3) is 1.92. The predicted molar refractivity (Wildman–Crippen MR) is 80.4 cm³/mol. The van der Waals surface area contributed by atoms with Gasteiger partial charge in [0.25, 0.3) is 5.91 Å². The van der Waals surface area contributed by atoms with Gasteiger partial charge in [0.15, 0.2) is 0 Å². The van der Waals surface area contributed by atoms with E-state index in [9.17, 15) is 4.79 Å². The Kier molecular flexibility index (Phi) is 2.66. The minimum absolute atomic E-state index is 0.0547. The van der Waals surface area contributed by atoms with Gasteiger partial charge in [-0.3, -0.25) is 4.79 Å². The summed E-state index contributed by atoms with van der Waals surface area (Å²) in [4.78, 5) is 19.1. The molecule has 1 aliphatic carbocycles. The van der Waals surface area contributed by atoms with E-state index in [1.165, 1.54) is 0 Å². The topological polar surface area (TPSA) is 86.8 Å². The molecule has 2 aromatic rings. The maximum Gasteiger partial charge on any atom is 0.252 e. The van der Waals surface area contributed by atoms with Crippen LogP contribution in [-0.4, -0.2) is 23.7 Å². The number of amides is 1. The standard InChI is InChI=1S/C16H13N3O3/c1-18-16(20)14-13-10-6-8(2-3-11(10)22-15(13)14)21-9-4-5-19-12(17)7-9/h2-7,13-15H,1H2,(H2,17,19)/t13-,14-,15-/m0/s1. The van der Waals surface area contributed by atoms with Crippen LogP contribution < -0.4 is 15.2 Å². The summed E-state index contributed by atoms with van der Waals surface area (Å²) < 4.78 is 11.5. The van der Waals surface area contributed by atoms with Gasteiger partial charge in [-0.25, -0.2) is 9.98 Å². The Balaban J connectivity index is 1.59. The predicted octanol–water partition coefficient (Wildman–Crippen LogP) is 2.16. The number of anilines is 1. The molecule has 1 fully saturated rings. The number of pyridine rings is 1. The number of carbonyl (C=O) groups is 1. The molecule has 1 aromatic carbocycles. The molecule has 1 aromatic heterocycles. The number of hydrogen-bond donors (Lipinski definition) is 1. The van der Waals surface area contributed by atoms with Crippen LogP contribution in [0, 0.1) is 5.92 Å². The van der Waals surface area contributed by atoms with Gasteiger partial charge >= 0.3 is 0 Å². The van der Waals surface area contributed by atoms with E-state index >= 15 is 0 Å². The van der Waals surface area contributed by atoms with E-state index in [1.54, 1.807) is 18.3 Å². The Hall–Kier alpha value is -2.89. The summed E-state index contributed by atoms with van der Waals surface area (Å²) in [6, 6.07) is 8.95. The molecule has 0 spiro atoms. The number of fused-ring (bicyclic) bond motifs is 3. The molecule has 110 valence electrons. The molecule has 0 bridgehead atoms. The van der Waals surface area contributed by atoms with Gasteiger partial charge in [-0.2, -0.15) is 0 Å². The van der Waals surface area contributed by atoms with Crippen molar-refractivity contribution < 1.29 is 14.3 Å². The second-order valence-corrected chi connectivity index (χ2v) is 5.35. The Bertz CT molecular complexity index is 790. The first-order valence-corrected chi connectivity index (χ1v) is 6.88. The molecule has 2 N–H and O–H groups in total. The molecule has 0 unspecified atom stereocenters. The molecule has 2 aliphatic rings. The van der Waals surface area contributed by atoms with Crippen LogP contribution in [0.15, 0.2) is 41.5 Å². The van der Waals surface area contributed by atoms with Gasteiger partial charge in [0.2, 0.25) is 0 Å². The largest absolute Gasteiger partial charge is 0.489 e. The molecular weight excluding hydrogens is 282 g/mol. The average Bonchev–Trinajstić information content (AvgIpc) is 3.10. The Labute approximate surface area is 126 Å². The van der Waals surface area contributed by atoms with E-state index in [-0.39, 0.29) is 23.8 Å². The highest BCUT2D eigenvalue weighted by molar-refractivity contribution is 5.88. The normalized spacial score (nSPS) is 23.9. The molecule has 1 saturated carbocycles. The lowest BCUT2D eigenvalue weighted by Crippen LogP contribution is -2.07. The molecule has 6 nitrogen and oxygen atoms in total. The number of aliphatic imine (C=N–C) groups is 1. The van der Waals surface area contributed by atoms with Gasteiger partial charge in [-0.05, 0) is 31.0 Å². The first-order valence-electron chi connectivity index (χ1n) is 6.88. The average molecular weight is 295 g/mol. The minimum Gasteiger partial charge on any atom is -0.489 e. The molecule has 22 heavy (non-hydrogen) atoms. The summed E-state index contributed by atoms with van der Waals surface area (Å²) >= 11 is 0. The van der Waals surface area contributed by atoms with Gasteiger partial charge in [0.1, 0.15) is 29.2 Å². The maximum atomic E-state index is 11.6. The van der Waals surface area contributed by atoms with E-state index in [0.29, 0.717) is 17.3 Å². The highest BCUT2D eigenvalue weighted by atomic mass is 16.5. The zero-order chi connectivity index (χ0) is 15.3. The Morgan fingerprint density at radius 3 is 2.91 bits per heavy atom. The third-order valence-corrected chi connectivity index (χ3v) is 3.99. The second kappa shape index (κ2) is 4.56. The van der Waals surface area contributed by atoms with Crippen LogP contribution in [0.3, 0.4) is 0 Å². The van der Waals surface area contributed by atoms with Gasteiger partial charge in [-0.1, -0.05) is 0 Å². The number of benzene rings is 1. The summed E-state index contributed by atoms with van der Waals surface area (Å²) in [5.41, 5.74) is 6.61. The lowest BCUT2D eigenvalue weighted by Gasteiger charge is -2.10. The fourth-order valence-electron chi connectivity index (χ4n) is 2.93. The van der Waals surface area contributed by atoms with Crippen molar-refractivity contribution in [3.8, 4) is 17.2 Å². The number of nitrogen functional groups attached to an aromatic ring is 1. The highest BCUT2D eigenvalue weighted by Gasteiger charge is 2.62. The van der Waals surface area contributed by atoms with Crippen LogP contribution in [0.5, 0.6) is 17.2 Å². The summed E-state index contributed by atoms with van der Waals surface area (Å²) in [5.74, 6) is 2.10. The summed E-state index contributed by atoms with van der Waals surface area (Å²) in [7, 11) is 0. The lowest BCUT2D eigenvalue weighted by atomic mass is 10.1. The Morgan fingerprint density at radius 2 is 2.14 bits per heavy atom. The smallest absolute Gasteiger partial charge is 0.252 e. The fourth-order valence-corrected chi connectivity index (χ4v) is 2.93. The molecule has 2 heterocycles. The summed E-state index contributed by atoms with van der Waals surface area (Å²) in [6.07, 6.45) is 1.47. The molecule has 4 rings (SSSR count). The van der Waals surface area contributed by atoms with Gasteiger partial charge < -0.3 is 15.2 Å². The van der Waals surface area contributed by atoms with Crippen molar-refractivity contribution in [2.75, 3.05) is 5.73 Å². The van der Waals surface area contributed by atoms with Crippen molar-refractivity contribution in [1.29, 1.82) is 0 Å². The summed E-state index contributed by atoms with van der Waals surface area (Å²) in [6.45, 7) is 3.29. The zero-order valence-corrected chi connectivity index (χ0v) is 11.6. The lowest BCUT2D eigenvalue weighted by molar-refractivity contribution is -0.119. The zero-order valence-electron chi connectivity index (χ0n) is 11.6. The number of nitrogens with zero attached hydrogens (tertiary/aromatic N) is 2.